The highest BCUT2D eigenvalue weighted by Gasteiger charge is 2.16. The van der Waals surface area contributed by atoms with Gasteiger partial charge >= 0.3 is 0 Å². The standard InChI is InChI=1S/C26H22FN3O2/c1-15(2)16-3-5-17(6-4-16)25(32)21-9-7-18(12-23(21)27)20-11-22-19(8-10-24(28)31)13-29-26(22)30-14-20/h3-15H,1-2H3,(H2,28,31)(H,29,30)/b10-8+. The Morgan fingerprint density at radius 1 is 1.06 bits per heavy atom. The van der Waals surface area contributed by atoms with Crippen molar-refractivity contribution >= 4 is 28.8 Å². The molecular formula is C26H22FN3O2. The second kappa shape index (κ2) is 8.59. The molecule has 0 fully saturated rings. The van der Waals surface area contributed by atoms with Crippen LogP contribution in [0.25, 0.3) is 28.2 Å². The molecule has 4 rings (SSSR count). The van der Waals surface area contributed by atoms with E-state index >= 15 is 0 Å². The summed E-state index contributed by atoms with van der Waals surface area (Å²) in [6, 6.07) is 13.6. The van der Waals surface area contributed by atoms with Gasteiger partial charge in [0.2, 0.25) is 5.91 Å². The number of hydrogen-bond donors (Lipinski definition) is 2. The molecule has 4 aromatic rings. The molecule has 0 atom stereocenters. The number of carbonyl (C=O) groups excluding carboxylic acids is 2. The van der Waals surface area contributed by atoms with E-state index in [0.29, 0.717) is 28.3 Å². The minimum absolute atomic E-state index is 0.0202. The quantitative estimate of drug-likeness (QED) is 0.326. The van der Waals surface area contributed by atoms with Gasteiger partial charge in [0, 0.05) is 40.5 Å². The molecule has 3 N–H and O–H groups in total. The third kappa shape index (κ3) is 4.21. The fourth-order valence-electron chi connectivity index (χ4n) is 3.55. The summed E-state index contributed by atoms with van der Waals surface area (Å²) in [7, 11) is 0. The number of pyridine rings is 1. The van der Waals surface area contributed by atoms with Gasteiger partial charge in [-0.15, -0.1) is 0 Å². The molecule has 6 heteroatoms. The lowest BCUT2D eigenvalue weighted by Gasteiger charge is -2.08. The summed E-state index contributed by atoms with van der Waals surface area (Å²) in [6.45, 7) is 4.15. The first-order valence-corrected chi connectivity index (χ1v) is 10.2. The van der Waals surface area contributed by atoms with Gasteiger partial charge in [0.25, 0.3) is 0 Å². The Labute approximate surface area is 184 Å². The number of carbonyl (C=O) groups is 2. The number of aromatic nitrogens is 2. The molecule has 0 aliphatic heterocycles. The topological polar surface area (TPSA) is 88.8 Å². The van der Waals surface area contributed by atoms with E-state index in [1.165, 1.54) is 18.2 Å². The maximum atomic E-state index is 14.9. The maximum absolute atomic E-state index is 14.9. The van der Waals surface area contributed by atoms with Gasteiger partial charge in [0.15, 0.2) is 5.78 Å². The molecule has 0 radical (unpaired) electrons. The third-order valence-corrected chi connectivity index (χ3v) is 5.38. The van der Waals surface area contributed by atoms with E-state index < -0.39 is 11.7 Å². The molecule has 2 aromatic heterocycles. The number of nitrogens with two attached hydrogens (primary N) is 1. The molecule has 0 aliphatic carbocycles. The van der Waals surface area contributed by atoms with E-state index in [1.54, 1.807) is 36.7 Å². The molecule has 0 saturated heterocycles. The van der Waals surface area contributed by atoms with Crippen molar-refractivity contribution in [2.45, 2.75) is 19.8 Å². The lowest BCUT2D eigenvalue weighted by molar-refractivity contribution is -0.113. The molecule has 160 valence electrons. The number of rotatable bonds is 6. The predicted molar refractivity (Wildman–Crippen MR) is 124 cm³/mol. The largest absolute Gasteiger partial charge is 0.366 e. The van der Waals surface area contributed by atoms with Gasteiger partial charge in [-0.25, -0.2) is 9.37 Å². The number of halogens is 1. The molecule has 2 aromatic carbocycles. The number of primary amides is 1. The van der Waals surface area contributed by atoms with E-state index in [0.717, 1.165) is 16.5 Å². The van der Waals surface area contributed by atoms with E-state index in [1.807, 2.05) is 18.2 Å². The van der Waals surface area contributed by atoms with Crippen LogP contribution in [-0.2, 0) is 4.79 Å². The third-order valence-electron chi connectivity index (χ3n) is 5.38. The highest BCUT2D eigenvalue weighted by molar-refractivity contribution is 6.09. The fourth-order valence-corrected chi connectivity index (χ4v) is 3.55. The Bertz CT molecular complexity index is 1350. The van der Waals surface area contributed by atoms with Crippen molar-refractivity contribution in [3.63, 3.8) is 0 Å². The zero-order valence-electron chi connectivity index (χ0n) is 17.7. The van der Waals surface area contributed by atoms with Crippen LogP contribution in [-0.4, -0.2) is 21.7 Å². The summed E-state index contributed by atoms with van der Waals surface area (Å²) in [4.78, 5) is 31.2. The van der Waals surface area contributed by atoms with Gasteiger partial charge < -0.3 is 10.7 Å². The highest BCUT2D eigenvalue weighted by atomic mass is 19.1. The van der Waals surface area contributed by atoms with Crippen LogP contribution < -0.4 is 5.73 Å². The van der Waals surface area contributed by atoms with Crippen LogP contribution in [0, 0.1) is 5.82 Å². The Hall–Kier alpha value is -4.06. The maximum Gasteiger partial charge on any atom is 0.241 e. The van der Waals surface area contributed by atoms with Crippen molar-refractivity contribution in [3.8, 4) is 11.1 Å². The van der Waals surface area contributed by atoms with Crippen LogP contribution in [0.15, 0.2) is 67.0 Å². The predicted octanol–water partition coefficient (Wildman–Crippen LogP) is 5.22. The number of amides is 1. The lowest BCUT2D eigenvalue weighted by atomic mass is 9.96. The fraction of sp³-hybridized carbons (Fsp3) is 0.115. The molecule has 0 unspecified atom stereocenters. The lowest BCUT2D eigenvalue weighted by Crippen LogP contribution is -2.05. The average molecular weight is 427 g/mol. The molecule has 5 nitrogen and oxygen atoms in total. The van der Waals surface area contributed by atoms with Gasteiger partial charge in [-0.05, 0) is 41.3 Å². The van der Waals surface area contributed by atoms with Gasteiger partial charge in [0.05, 0.1) is 5.56 Å². The van der Waals surface area contributed by atoms with Crippen molar-refractivity contribution in [2.24, 2.45) is 5.73 Å². The first-order chi connectivity index (χ1) is 15.3. The monoisotopic (exact) mass is 427 g/mol. The number of aromatic amines is 1. The van der Waals surface area contributed by atoms with Crippen LogP contribution in [0.5, 0.6) is 0 Å². The number of ketones is 1. The van der Waals surface area contributed by atoms with Crippen molar-refractivity contribution < 1.29 is 14.0 Å². The molecular weight excluding hydrogens is 405 g/mol. The number of H-pyrrole nitrogens is 1. The number of fused-ring (bicyclic) bond motifs is 1. The van der Waals surface area contributed by atoms with Gasteiger partial charge in [-0.2, -0.15) is 0 Å². The van der Waals surface area contributed by atoms with Crippen molar-refractivity contribution in [3.05, 3.63) is 95.1 Å². The summed E-state index contributed by atoms with van der Waals surface area (Å²) in [5.41, 5.74) is 9.41. The second-order valence-corrected chi connectivity index (χ2v) is 7.90. The van der Waals surface area contributed by atoms with Crippen LogP contribution in [0.3, 0.4) is 0 Å². The molecule has 0 spiro atoms. The number of nitrogens with zero attached hydrogens (tertiary/aromatic N) is 1. The smallest absolute Gasteiger partial charge is 0.241 e. The molecule has 0 aliphatic rings. The Balaban J connectivity index is 1.65. The Morgan fingerprint density at radius 2 is 1.81 bits per heavy atom. The normalized spacial score (nSPS) is 11.5. The molecule has 32 heavy (non-hydrogen) atoms. The Kier molecular flexibility index (Phi) is 5.69. The van der Waals surface area contributed by atoms with E-state index in [9.17, 15) is 14.0 Å². The van der Waals surface area contributed by atoms with Gasteiger partial charge in [-0.1, -0.05) is 44.2 Å². The van der Waals surface area contributed by atoms with E-state index in [-0.39, 0.29) is 11.3 Å². The van der Waals surface area contributed by atoms with Crippen molar-refractivity contribution in [1.29, 1.82) is 0 Å². The van der Waals surface area contributed by atoms with Crippen LogP contribution in [0.2, 0.25) is 0 Å². The van der Waals surface area contributed by atoms with Crippen molar-refractivity contribution in [1.82, 2.24) is 9.97 Å². The van der Waals surface area contributed by atoms with Gasteiger partial charge in [0.1, 0.15) is 11.5 Å². The van der Waals surface area contributed by atoms with Crippen LogP contribution >= 0.6 is 0 Å². The van der Waals surface area contributed by atoms with E-state index in [4.69, 9.17) is 5.73 Å². The zero-order valence-corrected chi connectivity index (χ0v) is 17.7. The zero-order chi connectivity index (χ0) is 22.8. The van der Waals surface area contributed by atoms with Crippen LogP contribution in [0.4, 0.5) is 4.39 Å². The van der Waals surface area contributed by atoms with Crippen LogP contribution in [0.1, 0.15) is 46.8 Å². The average Bonchev–Trinajstić information content (AvgIpc) is 3.19. The number of benzene rings is 2. The van der Waals surface area contributed by atoms with Gasteiger partial charge in [-0.3, -0.25) is 9.59 Å². The summed E-state index contributed by atoms with van der Waals surface area (Å²) >= 11 is 0. The molecule has 2 heterocycles. The summed E-state index contributed by atoms with van der Waals surface area (Å²) in [6.07, 6.45) is 6.21. The summed E-state index contributed by atoms with van der Waals surface area (Å²) < 4.78 is 14.9. The number of nitrogens with one attached hydrogen (secondary N) is 1. The molecule has 0 saturated carbocycles. The Morgan fingerprint density at radius 3 is 2.47 bits per heavy atom. The minimum atomic E-state index is -0.594. The molecule has 1 amide bonds. The van der Waals surface area contributed by atoms with Crippen molar-refractivity contribution in [2.75, 3.05) is 0 Å². The second-order valence-electron chi connectivity index (χ2n) is 7.90. The molecule has 0 bridgehead atoms. The SMILES string of the molecule is CC(C)c1ccc(C(=O)c2ccc(-c3cnc4[nH]cc(/C=C/C(N)=O)c4c3)cc2F)cc1. The number of hydrogen-bond acceptors (Lipinski definition) is 3. The first-order valence-electron chi connectivity index (χ1n) is 10.2. The minimum Gasteiger partial charge on any atom is -0.366 e. The summed E-state index contributed by atoms with van der Waals surface area (Å²) in [5.74, 6) is -1.15. The first kappa shape index (κ1) is 21.2. The van der Waals surface area contributed by atoms with E-state index in [2.05, 4.69) is 23.8 Å². The summed E-state index contributed by atoms with van der Waals surface area (Å²) in [5, 5.41) is 0.769. The highest BCUT2D eigenvalue weighted by Crippen LogP contribution is 2.27.